The van der Waals surface area contributed by atoms with Crippen LogP contribution in [0.2, 0.25) is 0 Å². The Labute approximate surface area is 118 Å². The molecule has 1 unspecified atom stereocenters. The van der Waals surface area contributed by atoms with Crippen molar-refractivity contribution in [2.45, 2.75) is 53.8 Å². The van der Waals surface area contributed by atoms with Crippen LogP contribution in [0.15, 0.2) is 30.3 Å². The lowest BCUT2D eigenvalue weighted by Crippen LogP contribution is -2.45. The van der Waals surface area contributed by atoms with Crippen molar-refractivity contribution in [1.29, 1.82) is 0 Å². The molecule has 0 aromatic heterocycles. The fourth-order valence-corrected chi connectivity index (χ4v) is 2.74. The first-order valence-corrected chi connectivity index (χ1v) is 7.14. The highest BCUT2D eigenvalue weighted by molar-refractivity contribution is 6.21. The summed E-state index contributed by atoms with van der Waals surface area (Å²) in [5.74, 6) is 0. The normalized spacial score (nSPS) is 15.6. The van der Waals surface area contributed by atoms with Gasteiger partial charge < -0.3 is 0 Å². The van der Waals surface area contributed by atoms with E-state index in [9.17, 15) is 0 Å². The van der Waals surface area contributed by atoms with E-state index in [4.69, 9.17) is 11.6 Å². The molecule has 0 aliphatic rings. The Balaban J connectivity index is 3.15. The maximum atomic E-state index is 6.79. The molecule has 0 aliphatic carbocycles. The number of alkyl halides is 1. The summed E-state index contributed by atoms with van der Waals surface area (Å²) >= 11 is 6.79. The average Bonchev–Trinajstić information content (AvgIpc) is 2.27. The van der Waals surface area contributed by atoms with Crippen LogP contribution in [0.3, 0.4) is 0 Å². The molecule has 0 heterocycles. The van der Waals surface area contributed by atoms with E-state index in [1.165, 1.54) is 5.56 Å². The average molecular weight is 267 g/mol. The lowest BCUT2D eigenvalue weighted by Gasteiger charge is -2.53. The van der Waals surface area contributed by atoms with Gasteiger partial charge in [-0.1, -0.05) is 78.8 Å². The second-order valence-corrected chi connectivity index (χ2v) is 7.81. The van der Waals surface area contributed by atoms with Crippen LogP contribution in [0.5, 0.6) is 0 Å². The first kappa shape index (κ1) is 15.6. The van der Waals surface area contributed by atoms with E-state index in [2.05, 4.69) is 72.7 Å². The minimum Gasteiger partial charge on any atom is -0.117 e. The molecule has 0 nitrogen and oxygen atoms in total. The smallest absolute Gasteiger partial charge is 0.0641 e. The first-order valence-electron chi connectivity index (χ1n) is 6.71. The van der Waals surface area contributed by atoms with Gasteiger partial charge in [-0.05, 0) is 21.8 Å². The maximum Gasteiger partial charge on any atom is 0.0641 e. The molecule has 0 fully saturated rings. The van der Waals surface area contributed by atoms with Crippen LogP contribution >= 0.6 is 11.6 Å². The van der Waals surface area contributed by atoms with E-state index in [-0.39, 0.29) is 21.6 Å². The fraction of sp³-hybridized carbons (Fsp3) is 0.647. The summed E-state index contributed by atoms with van der Waals surface area (Å²) in [5.41, 5.74) is 1.55. The third kappa shape index (κ3) is 2.59. The van der Waals surface area contributed by atoms with E-state index in [0.29, 0.717) is 0 Å². The summed E-state index contributed by atoms with van der Waals surface area (Å²) in [5, 5.41) is 0.0212. The van der Waals surface area contributed by atoms with Gasteiger partial charge in [-0.3, -0.25) is 0 Å². The Bertz CT molecular complexity index is 382. The predicted molar refractivity (Wildman–Crippen MR) is 82.1 cm³/mol. The van der Waals surface area contributed by atoms with E-state index < -0.39 is 0 Å². The zero-order valence-electron chi connectivity index (χ0n) is 12.8. The lowest BCUT2D eigenvalue weighted by atomic mass is 9.54. The van der Waals surface area contributed by atoms with Gasteiger partial charge in [0.05, 0.1) is 5.38 Å². The Hall–Kier alpha value is -0.490. The molecule has 0 radical (unpaired) electrons. The van der Waals surface area contributed by atoms with Gasteiger partial charge in [0.15, 0.2) is 0 Å². The Morgan fingerprint density at radius 3 is 1.67 bits per heavy atom. The van der Waals surface area contributed by atoms with Crippen molar-refractivity contribution in [2.24, 2.45) is 16.2 Å². The summed E-state index contributed by atoms with van der Waals surface area (Å²) in [6.45, 7) is 16.1. The van der Waals surface area contributed by atoms with Gasteiger partial charge >= 0.3 is 0 Å². The zero-order chi connectivity index (χ0) is 14.2. The first-order chi connectivity index (χ1) is 8.02. The number of rotatable bonds is 3. The van der Waals surface area contributed by atoms with E-state index in [1.807, 2.05) is 6.07 Å². The van der Waals surface area contributed by atoms with Crippen molar-refractivity contribution < 1.29 is 0 Å². The minimum absolute atomic E-state index is 0.00809. The van der Waals surface area contributed by atoms with Crippen LogP contribution in [-0.2, 0) is 0 Å². The summed E-state index contributed by atoms with van der Waals surface area (Å²) in [7, 11) is 0. The summed E-state index contributed by atoms with van der Waals surface area (Å²) in [6, 6.07) is 10.4. The fourth-order valence-electron chi connectivity index (χ4n) is 2.32. The van der Waals surface area contributed by atoms with Gasteiger partial charge in [0.1, 0.15) is 0 Å². The van der Waals surface area contributed by atoms with Crippen LogP contribution in [0.1, 0.15) is 59.4 Å². The number of halogens is 1. The molecular formula is C17H27Cl. The van der Waals surface area contributed by atoms with Gasteiger partial charge in [-0.2, -0.15) is 0 Å². The zero-order valence-corrected chi connectivity index (χ0v) is 13.6. The molecule has 102 valence electrons. The molecule has 1 heteroatoms. The van der Waals surface area contributed by atoms with Crippen molar-refractivity contribution in [3.63, 3.8) is 0 Å². The molecule has 1 rings (SSSR count). The Morgan fingerprint density at radius 1 is 0.833 bits per heavy atom. The quantitative estimate of drug-likeness (QED) is 0.583. The van der Waals surface area contributed by atoms with Crippen molar-refractivity contribution in [1.82, 2.24) is 0 Å². The van der Waals surface area contributed by atoms with Crippen molar-refractivity contribution in [2.75, 3.05) is 0 Å². The highest BCUT2D eigenvalue weighted by Gasteiger charge is 2.49. The van der Waals surface area contributed by atoms with Crippen LogP contribution in [0.4, 0.5) is 0 Å². The third-order valence-corrected chi connectivity index (χ3v) is 6.01. The highest BCUT2D eigenvalue weighted by Crippen LogP contribution is 2.58. The van der Waals surface area contributed by atoms with Gasteiger partial charge in [0.25, 0.3) is 0 Å². The molecule has 1 aromatic carbocycles. The SMILES string of the molecule is CC(C)(C)C(C)(C)C(C)(C)C(Cl)c1ccccc1. The maximum absolute atomic E-state index is 6.79. The van der Waals surface area contributed by atoms with Crippen LogP contribution in [-0.4, -0.2) is 0 Å². The molecule has 1 atom stereocenters. The summed E-state index contributed by atoms with van der Waals surface area (Å²) in [6.07, 6.45) is 0. The molecule has 0 saturated carbocycles. The van der Waals surface area contributed by atoms with E-state index in [1.54, 1.807) is 0 Å². The number of hydrogen-bond acceptors (Lipinski definition) is 0. The third-order valence-electron chi connectivity index (χ3n) is 5.21. The Morgan fingerprint density at radius 2 is 1.28 bits per heavy atom. The summed E-state index contributed by atoms with van der Waals surface area (Å²) in [4.78, 5) is 0. The number of hydrogen-bond donors (Lipinski definition) is 0. The van der Waals surface area contributed by atoms with Crippen molar-refractivity contribution in [3.05, 3.63) is 35.9 Å². The lowest BCUT2D eigenvalue weighted by molar-refractivity contribution is -0.0107. The molecule has 0 saturated heterocycles. The topological polar surface area (TPSA) is 0 Å². The second-order valence-electron chi connectivity index (χ2n) is 7.37. The highest BCUT2D eigenvalue weighted by atomic mass is 35.5. The van der Waals surface area contributed by atoms with Crippen LogP contribution in [0, 0.1) is 16.2 Å². The molecule has 18 heavy (non-hydrogen) atoms. The Kier molecular flexibility index (Phi) is 4.23. The molecule has 1 aromatic rings. The predicted octanol–water partition coefficient (Wildman–Crippen LogP) is 6.07. The van der Waals surface area contributed by atoms with Crippen molar-refractivity contribution in [3.8, 4) is 0 Å². The van der Waals surface area contributed by atoms with E-state index in [0.717, 1.165) is 0 Å². The standard InChI is InChI=1S/C17H27Cl/c1-15(2,3)17(6,7)16(4,5)14(18)13-11-9-8-10-12-13/h8-12,14H,1-7H3. The van der Waals surface area contributed by atoms with E-state index >= 15 is 0 Å². The second kappa shape index (κ2) is 4.89. The summed E-state index contributed by atoms with van der Waals surface area (Å²) < 4.78 is 0. The van der Waals surface area contributed by atoms with Gasteiger partial charge in [-0.25, -0.2) is 0 Å². The monoisotopic (exact) mass is 266 g/mol. The van der Waals surface area contributed by atoms with Crippen molar-refractivity contribution >= 4 is 11.6 Å². The van der Waals surface area contributed by atoms with Crippen LogP contribution < -0.4 is 0 Å². The van der Waals surface area contributed by atoms with Gasteiger partial charge in [-0.15, -0.1) is 11.6 Å². The molecule has 0 N–H and O–H groups in total. The largest absolute Gasteiger partial charge is 0.117 e. The van der Waals surface area contributed by atoms with Gasteiger partial charge in [0.2, 0.25) is 0 Å². The number of benzene rings is 1. The van der Waals surface area contributed by atoms with Gasteiger partial charge in [0, 0.05) is 0 Å². The van der Waals surface area contributed by atoms with Crippen LogP contribution in [0.25, 0.3) is 0 Å². The molecule has 0 spiro atoms. The molecular weight excluding hydrogens is 240 g/mol. The molecule has 0 aliphatic heterocycles. The molecule has 0 bridgehead atoms. The minimum atomic E-state index is 0.00809. The molecule has 0 amide bonds.